The zero-order valence-electron chi connectivity index (χ0n) is 14.3. The molecule has 0 aliphatic rings. The van der Waals surface area contributed by atoms with Crippen LogP contribution in [0, 0.1) is 0 Å². The van der Waals surface area contributed by atoms with E-state index in [1.807, 2.05) is 42.6 Å². The van der Waals surface area contributed by atoms with Crippen LogP contribution < -0.4 is 10.6 Å². The summed E-state index contributed by atoms with van der Waals surface area (Å²) in [6.45, 7) is 0.347. The quantitative estimate of drug-likeness (QED) is 0.407. The molecule has 0 fully saturated rings. The first kappa shape index (κ1) is 17.2. The molecule has 2 aromatic heterocycles. The average molecular weight is 381 g/mol. The standard InChI is InChI=1S/C20H17ClN4O2/c21-13-4-5-17-15(10-13)12(11-24-17)6-8-23-19(26)20(27)25-18-3-1-2-16-14(18)7-9-22-16/h1-5,7,9-11,22,24H,6,8H2,(H,23,26)(H,25,27). The maximum absolute atomic E-state index is 12.2. The Morgan fingerprint density at radius 3 is 2.70 bits per heavy atom. The van der Waals surface area contributed by atoms with Crippen LogP contribution in [0.15, 0.2) is 54.9 Å². The van der Waals surface area contributed by atoms with Gasteiger partial charge in [-0.15, -0.1) is 0 Å². The van der Waals surface area contributed by atoms with Crippen LogP contribution in [0.5, 0.6) is 0 Å². The first-order valence-electron chi connectivity index (χ1n) is 8.52. The number of anilines is 1. The van der Waals surface area contributed by atoms with Crippen LogP contribution in [0.1, 0.15) is 5.56 Å². The molecule has 0 radical (unpaired) electrons. The molecule has 136 valence electrons. The number of fused-ring (bicyclic) bond motifs is 2. The fraction of sp³-hybridized carbons (Fsp3) is 0.100. The van der Waals surface area contributed by atoms with Gasteiger partial charge in [0.15, 0.2) is 0 Å². The molecule has 0 unspecified atom stereocenters. The van der Waals surface area contributed by atoms with E-state index in [1.54, 1.807) is 12.3 Å². The van der Waals surface area contributed by atoms with Gasteiger partial charge in [0, 0.05) is 45.8 Å². The van der Waals surface area contributed by atoms with Crippen molar-refractivity contribution in [2.75, 3.05) is 11.9 Å². The minimum atomic E-state index is -0.689. The van der Waals surface area contributed by atoms with Crippen molar-refractivity contribution in [1.29, 1.82) is 0 Å². The Balaban J connectivity index is 1.37. The molecule has 0 atom stereocenters. The predicted octanol–water partition coefficient (Wildman–Crippen LogP) is 3.60. The summed E-state index contributed by atoms with van der Waals surface area (Å²) in [7, 11) is 0. The second-order valence-electron chi connectivity index (χ2n) is 6.21. The Labute approximate surface area is 159 Å². The molecule has 7 heteroatoms. The van der Waals surface area contributed by atoms with Crippen molar-refractivity contribution < 1.29 is 9.59 Å². The van der Waals surface area contributed by atoms with Crippen molar-refractivity contribution in [3.05, 3.63) is 65.4 Å². The summed E-state index contributed by atoms with van der Waals surface area (Å²) < 4.78 is 0. The first-order chi connectivity index (χ1) is 13.1. The van der Waals surface area contributed by atoms with Crippen LogP contribution in [0.2, 0.25) is 5.02 Å². The van der Waals surface area contributed by atoms with Crippen LogP contribution in [0.25, 0.3) is 21.8 Å². The van der Waals surface area contributed by atoms with Gasteiger partial charge in [-0.2, -0.15) is 0 Å². The van der Waals surface area contributed by atoms with Crippen LogP contribution in [0.3, 0.4) is 0 Å². The van der Waals surface area contributed by atoms with Crippen LogP contribution in [0.4, 0.5) is 5.69 Å². The number of H-pyrrole nitrogens is 2. The predicted molar refractivity (Wildman–Crippen MR) is 107 cm³/mol. The van der Waals surface area contributed by atoms with Gasteiger partial charge in [0.1, 0.15) is 0 Å². The van der Waals surface area contributed by atoms with Crippen LogP contribution in [-0.4, -0.2) is 28.3 Å². The Bertz CT molecular complexity index is 1150. The molecule has 0 aliphatic heterocycles. The van der Waals surface area contributed by atoms with E-state index >= 15 is 0 Å². The summed E-state index contributed by atoms with van der Waals surface area (Å²) in [4.78, 5) is 30.5. The van der Waals surface area contributed by atoms with Gasteiger partial charge in [0.25, 0.3) is 0 Å². The number of benzene rings is 2. The smallest absolute Gasteiger partial charge is 0.313 e. The van der Waals surface area contributed by atoms with E-state index in [0.717, 1.165) is 27.4 Å². The lowest BCUT2D eigenvalue weighted by molar-refractivity contribution is -0.136. The van der Waals surface area contributed by atoms with Gasteiger partial charge in [-0.3, -0.25) is 9.59 Å². The summed E-state index contributed by atoms with van der Waals surface area (Å²) in [6, 6.07) is 12.9. The summed E-state index contributed by atoms with van der Waals surface area (Å²) in [5, 5.41) is 7.84. The fourth-order valence-corrected chi connectivity index (χ4v) is 3.29. The van der Waals surface area contributed by atoms with E-state index in [2.05, 4.69) is 20.6 Å². The van der Waals surface area contributed by atoms with Crippen molar-refractivity contribution in [3.8, 4) is 0 Å². The molecule has 2 amide bonds. The normalized spacial score (nSPS) is 11.0. The molecule has 0 bridgehead atoms. The zero-order valence-corrected chi connectivity index (χ0v) is 15.1. The average Bonchev–Trinajstić information content (AvgIpc) is 3.29. The number of rotatable bonds is 4. The Hall–Kier alpha value is -3.25. The number of hydrogen-bond donors (Lipinski definition) is 4. The zero-order chi connectivity index (χ0) is 18.8. The van der Waals surface area contributed by atoms with E-state index in [0.29, 0.717) is 23.7 Å². The number of aromatic amines is 2. The summed E-state index contributed by atoms with van der Waals surface area (Å²) >= 11 is 6.05. The largest absolute Gasteiger partial charge is 0.361 e. The number of halogens is 1. The maximum atomic E-state index is 12.2. The summed E-state index contributed by atoms with van der Waals surface area (Å²) in [5.41, 5.74) is 3.51. The molecule has 0 spiro atoms. The second-order valence-corrected chi connectivity index (χ2v) is 6.64. The van der Waals surface area contributed by atoms with E-state index < -0.39 is 11.8 Å². The van der Waals surface area contributed by atoms with Crippen LogP contribution >= 0.6 is 11.6 Å². The van der Waals surface area contributed by atoms with Gasteiger partial charge in [-0.25, -0.2) is 0 Å². The van der Waals surface area contributed by atoms with Crippen molar-refractivity contribution in [2.45, 2.75) is 6.42 Å². The topological polar surface area (TPSA) is 89.8 Å². The molecule has 4 N–H and O–H groups in total. The van der Waals surface area contributed by atoms with Gasteiger partial charge < -0.3 is 20.6 Å². The number of carbonyl (C=O) groups excluding carboxylic acids is 2. The second kappa shape index (κ2) is 7.17. The van der Waals surface area contributed by atoms with Crippen molar-refractivity contribution in [1.82, 2.24) is 15.3 Å². The lowest BCUT2D eigenvalue weighted by Crippen LogP contribution is -2.36. The summed E-state index contributed by atoms with van der Waals surface area (Å²) in [5.74, 6) is -1.36. The van der Waals surface area contributed by atoms with Gasteiger partial charge >= 0.3 is 11.8 Å². The first-order valence-corrected chi connectivity index (χ1v) is 8.90. The molecular formula is C20H17ClN4O2. The monoisotopic (exact) mass is 380 g/mol. The van der Waals surface area contributed by atoms with Gasteiger partial charge in [-0.1, -0.05) is 17.7 Å². The fourth-order valence-electron chi connectivity index (χ4n) is 3.12. The molecule has 0 saturated carbocycles. The Morgan fingerprint density at radius 1 is 0.963 bits per heavy atom. The van der Waals surface area contributed by atoms with E-state index in [4.69, 9.17) is 11.6 Å². The molecule has 6 nitrogen and oxygen atoms in total. The number of nitrogens with one attached hydrogen (secondary N) is 4. The molecule has 4 rings (SSSR count). The van der Waals surface area contributed by atoms with E-state index in [1.165, 1.54) is 0 Å². The highest BCUT2D eigenvalue weighted by Crippen LogP contribution is 2.23. The third-order valence-corrected chi connectivity index (χ3v) is 4.69. The Kier molecular flexibility index (Phi) is 4.56. The summed E-state index contributed by atoms with van der Waals surface area (Å²) in [6.07, 6.45) is 4.26. The lowest BCUT2D eigenvalue weighted by Gasteiger charge is -2.07. The van der Waals surface area contributed by atoms with Gasteiger partial charge in [0.05, 0.1) is 5.69 Å². The van der Waals surface area contributed by atoms with Gasteiger partial charge in [0.2, 0.25) is 0 Å². The third-order valence-electron chi connectivity index (χ3n) is 4.46. The highest BCUT2D eigenvalue weighted by Gasteiger charge is 2.15. The molecule has 2 aromatic carbocycles. The van der Waals surface area contributed by atoms with Crippen LogP contribution in [-0.2, 0) is 16.0 Å². The molecule has 27 heavy (non-hydrogen) atoms. The number of hydrogen-bond acceptors (Lipinski definition) is 2. The number of aromatic nitrogens is 2. The minimum Gasteiger partial charge on any atom is -0.361 e. The lowest BCUT2D eigenvalue weighted by atomic mass is 10.1. The SMILES string of the molecule is O=C(NCCc1c[nH]c2ccc(Cl)cc12)C(=O)Nc1cccc2[nH]ccc12. The molecule has 4 aromatic rings. The number of amides is 2. The minimum absolute atomic E-state index is 0.347. The van der Waals surface area contributed by atoms with E-state index in [9.17, 15) is 9.59 Å². The molecule has 2 heterocycles. The van der Waals surface area contributed by atoms with Crippen molar-refractivity contribution >= 4 is 50.9 Å². The highest BCUT2D eigenvalue weighted by molar-refractivity contribution is 6.40. The maximum Gasteiger partial charge on any atom is 0.313 e. The van der Waals surface area contributed by atoms with Crippen molar-refractivity contribution in [3.63, 3.8) is 0 Å². The highest BCUT2D eigenvalue weighted by atomic mass is 35.5. The van der Waals surface area contributed by atoms with Gasteiger partial charge in [-0.05, 0) is 48.4 Å². The third kappa shape index (κ3) is 3.52. The Morgan fingerprint density at radius 2 is 1.81 bits per heavy atom. The van der Waals surface area contributed by atoms with Crippen molar-refractivity contribution in [2.24, 2.45) is 0 Å². The molecular weight excluding hydrogens is 364 g/mol. The van der Waals surface area contributed by atoms with E-state index in [-0.39, 0.29) is 0 Å². The number of carbonyl (C=O) groups is 2. The molecule has 0 saturated heterocycles. The molecule has 0 aliphatic carbocycles.